The van der Waals surface area contributed by atoms with Crippen molar-refractivity contribution < 1.29 is 9.18 Å². The van der Waals surface area contributed by atoms with Crippen molar-refractivity contribution in [3.63, 3.8) is 0 Å². The Labute approximate surface area is 134 Å². The molecule has 2 heterocycles. The zero-order valence-electron chi connectivity index (χ0n) is 11.3. The number of fused-ring (bicyclic) bond motifs is 1. The van der Waals surface area contributed by atoms with Crippen molar-refractivity contribution >= 4 is 35.0 Å². The molecule has 0 saturated carbocycles. The maximum Gasteiger partial charge on any atom is 0.254 e. The molecule has 22 heavy (non-hydrogen) atoms. The zero-order chi connectivity index (χ0) is 15.7. The molecule has 1 amide bonds. The van der Waals surface area contributed by atoms with E-state index in [0.717, 1.165) is 0 Å². The van der Waals surface area contributed by atoms with Gasteiger partial charge in [0.1, 0.15) is 5.82 Å². The number of benzene rings is 1. The number of carbonyl (C=O) groups excluding carboxylic acids is 1. The number of hydrogen-bond acceptors (Lipinski definition) is 4. The van der Waals surface area contributed by atoms with E-state index in [4.69, 9.17) is 11.6 Å². The number of aromatic nitrogens is 2. The minimum Gasteiger partial charge on any atom is -0.326 e. The number of carbonyl (C=O) groups is 1. The van der Waals surface area contributed by atoms with E-state index in [1.807, 2.05) is 0 Å². The molecule has 1 aliphatic rings. The van der Waals surface area contributed by atoms with Gasteiger partial charge in [0.15, 0.2) is 5.16 Å². The summed E-state index contributed by atoms with van der Waals surface area (Å²) in [6.07, 6.45) is 1.46. The highest BCUT2D eigenvalue weighted by Gasteiger charge is 2.26. The molecule has 3 rings (SSSR count). The molecule has 0 saturated heterocycles. The first-order valence-electron chi connectivity index (χ1n) is 6.49. The van der Waals surface area contributed by atoms with E-state index in [1.54, 1.807) is 0 Å². The highest BCUT2D eigenvalue weighted by atomic mass is 35.5. The number of hydrogen-bond donors (Lipinski definition) is 1. The van der Waals surface area contributed by atoms with Crippen LogP contribution in [-0.2, 0) is 11.3 Å². The van der Waals surface area contributed by atoms with Crippen molar-refractivity contribution in [3.8, 4) is 0 Å². The molecule has 0 spiro atoms. The van der Waals surface area contributed by atoms with Crippen molar-refractivity contribution in [1.29, 1.82) is 0 Å². The van der Waals surface area contributed by atoms with Gasteiger partial charge in [0, 0.05) is 30.2 Å². The zero-order valence-corrected chi connectivity index (χ0v) is 12.8. The molecule has 5 nitrogen and oxygen atoms in total. The molecular weight excluding hydrogens is 329 g/mol. The number of amides is 1. The van der Waals surface area contributed by atoms with Gasteiger partial charge in [-0.15, -0.1) is 0 Å². The summed E-state index contributed by atoms with van der Waals surface area (Å²) in [5, 5.41) is 3.25. The average Bonchev–Trinajstić information content (AvgIpc) is 2.51. The second-order valence-electron chi connectivity index (χ2n) is 4.80. The predicted octanol–water partition coefficient (Wildman–Crippen LogP) is 2.40. The summed E-state index contributed by atoms with van der Waals surface area (Å²) in [5.41, 5.74) is 0.241. The fourth-order valence-electron chi connectivity index (χ4n) is 2.13. The third-order valence-corrected chi connectivity index (χ3v) is 4.72. The maximum absolute atomic E-state index is 13.1. The van der Waals surface area contributed by atoms with Crippen LogP contribution in [0.2, 0.25) is 5.02 Å². The lowest BCUT2D eigenvalue weighted by molar-refractivity contribution is -0.119. The number of thioether (sulfide) groups is 1. The molecular formula is C14H11ClFN3O2S. The van der Waals surface area contributed by atoms with E-state index >= 15 is 0 Å². The Hall–Kier alpha value is -1.86. The fourth-order valence-corrected chi connectivity index (χ4v) is 3.37. The van der Waals surface area contributed by atoms with Crippen LogP contribution in [0.25, 0.3) is 0 Å². The van der Waals surface area contributed by atoms with Crippen molar-refractivity contribution in [1.82, 2.24) is 9.55 Å². The van der Waals surface area contributed by atoms with Crippen LogP contribution in [0.3, 0.4) is 0 Å². The van der Waals surface area contributed by atoms with Crippen molar-refractivity contribution in [2.24, 2.45) is 5.92 Å². The molecule has 1 aromatic heterocycles. The van der Waals surface area contributed by atoms with Gasteiger partial charge in [-0.25, -0.2) is 9.37 Å². The number of rotatable bonds is 2. The molecule has 1 aromatic carbocycles. The fraction of sp³-hybridized carbons (Fsp3) is 0.214. The first kappa shape index (κ1) is 15.1. The quantitative estimate of drug-likeness (QED) is 0.853. The number of halogens is 2. The van der Waals surface area contributed by atoms with Gasteiger partial charge in [-0.3, -0.25) is 14.2 Å². The summed E-state index contributed by atoms with van der Waals surface area (Å²) in [7, 11) is 0. The molecule has 8 heteroatoms. The molecule has 0 bridgehead atoms. The molecule has 114 valence electrons. The van der Waals surface area contributed by atoms with Gasteiger partial charge >= 0.3 is 0 Å². The lowest BCUT2D eigenvalue weighted by Gasteiger charge is -2.23. The first-order chi connectivity index (χ1) is 10.5. The monoisotopic (exact) mass is 339 g/mol. The molecule has 0 unspecified atom stereocenters. The molecule has 0 fully saturated rings. The highest BCUT2D eigenvalue weighted by Crippen LogP contribution is 2.26. The second-order valence-corrected chi connectivity index (χ2v) is 6.20. The third-order valence-electron chi connectivity index (χ3n) is 3.27. The van der Waals surface area contributed by atoms with Crippen LogP contribution in [0.4, 0.5) is 10.1 Å². The highest BCUT2D eigenvalue weighted by molar-refractivity contribution is 7.99. The largest absolute Gasteiger partial charge is 0.326 e. The average molecular weight is 340 g/mol. The Morgan fingerprint density at radius 2 is 2.27 bits per heavy atom. The van der Waals surface area contributed by atoms with Crippen LogP contribution < -0.4 is 10.9 Å². The summed E-state index contributed by atoms with van der Waals surface area (Å²) in [6.45, 7) is 0.274. The van der Waals surface area contributed by atoms with E-state index < -0.39 is 5.82 Å². The maximum atomic E-state index is 13.1. The number of nitrogens with one attached hydrogen (secondary N) is 1. The minimum absolute atomic E-state index is 0.0541. The van der Waals surface area contributed by atoms with Gasteiger partial charge in [-0.1, -0.05) is 23.4 Å². The van der Waals surface area contributed by atoms with Crippen molar-refractivity contribution in [3.05, 3.63) is 51.7 Å². The van der Waals surface area contributed by atoms with Crippen LogP contribution in [0.5, 0.6) is 0 Å². The Bertz CT molecular complexity index is 796. The van der Waals surface area contributed by atoms with Gasteiger partial charge < -0.3 is 5.32 Å². The summed E-state index contributed by atoms with van der Waals surface area (Å²) >= 11 is 7.05. The predicted molar refractivity (Wildman–Crippen MR) is 82.8 cm³/mol. The van der Waals surface area contributed by atoms with E-state index in [2.05, 4.69) is 10.3 Å². The van der Waals surface area contributed by atoms with Gasteiger partial charge in [-0.05, 0) is 18.2 Å². The summed E-state index contributed by atoms with van der Waals surface area (Å²) in [4.78, 5) is 28.2. The SMILES string of the molecule is O=C(Nc1ccc(F)c(Cl)c1)[C@H]1CSc2nccc(=O)n2C1. The first-order valence-corrected chi connectivity index (χ1v) is 7.85. The smallest absolute Gasteiger partial charge is 0.254 e. The van der Waals surface area contributed by atoms with E-state index in [-0.39, 0.29) is 29.0 Å². The Morgan fingerprint density at radius 3 is 3.05 bits per heavy atom. The summed E-state index contributed by atoms with van der Waals surface area (Å²) in [5.74, 6) is -0.628. The van der Waals surface area contributed by atoms with Crippen LogP contribution >= 0.6 is 23.4 Å². The summed E-state index contributed by atoms with van der Waals surface area (Å²) in [6, 6.07) is 5.35. The topological polar surface area (TPSA) is 64.0 Å². The van der Waals surface area contributed by atoms with Crippen LogP contribution in [-0.4, -0.2) is 21.2 Å². The molecule has 0 aliphatic carbocycles. The molecule has 1 atom stereocenters. The molecule has 1 aliphatic heterocycles. The standard InChI is InChI=1S/C14H11ClFN3O2S/c15-10-5-9(1-2-11(10)16)18-13(21)8-6-19-12(20)3-4-17-14(19)22-7-8/h1-5,8H,6-7H2,(H,18,21)/t8-/m1/s1. The lowest BCUT2D eigenvalue weighted by Crippen LogP contribution is -2.36. The Balaban J connectivity index is 1.75. The van der Waals surface area contributed by atoms with Crippen LogP contribution in [0.15, 0.2) is 40.4 Å². The van der Waals surface area contributed by atoms with Gasteiger partial charge in [0.25, 0.3) is 5.56 Å². The van der Waals surface area contributed by atoms with E-state index in [1.165, 1.54) is 46.8 Å². The van der Waals surface area contributed by atoms with E-state index in [0.29, 0.717) is 16.6 Å². The Kier molecular flexibility index (Phi) is 4.17. The normalized spacial score (nSPS) is 16.9. The third kappa shape index (κ3) is 3.00. The lowest BCUT2D eigenvalue weighted by atomic mass is 10.1. The van der Waals surface area contributed by atoms with Crippen molar-refractivity contribution in [2.45, 2.75) is 11.7 Å². The molecule has 2 aromatic rings. The van der Waals surface area contributed by atoms with Crippen LogP contribution in [0.1, 0.15) is 0 Å². The van der Waals surface area contributed by atoms with Gasteiger partial charge in [-0.2, -0.15) is 0 Å². The van der Waals surface area contributed by atoms with Crippen molar-refractivity contribution in [2.75, 3.05) is 11.1 Å². The number of nitrogens with zero attached hydrogens (tertiary/aromatic N) is 2. The molecule has 0 radical (unpaired) electrons. The van der Waals surface area contributed by atoms with E-state index in [9.17, 15) is 14.0 Å². The van der Waals surface area contributed by atoms with Gasteiger partial charge in [0.2, 0.25) is 5.91 Å². The summed E-state index contributed by atoms with van der Waals surface area (Å²) < 4.78 is 14.6. The van der Waals surface area contributed by atoms with Crippen LogP contribution in [0, 0.1) is 11.7 Å². The van der Waals surface area contributed by atoms with Gasteiger partial charge in [0.05, 0.1) is 10.9 Å². The second kappa shape index (κ2) is 6.10. The number of anilines is 1. The Morgan fingerprint density at radius 1 is 1.45 bits per heavy atom. The molecule has 1 N–H and O–H groups in total. The minimum atomic E-state index is -0.542.